The van der Waals surface area contributed by atoms with E-state index in [1.807, 2.05) is 12.1 Å². The van der Waals surface area contributed by atoms with Gasteiger partial charge >= 0.3 is 11.8 Å². The van der Waals surface area contributed by atoms with Crippen LogP contribution in [0.5, 0.6) is 0 Å². The lowest BCUT2D eigenvalue weighted by Crippen LogP contribution is -2.43. The van der Waals surface area contributed by atoms with Crippen molar-refractivity contribution >= 4 is 23.2 Å². The fraction of sp³-hybridized carbons (Fsp3) is 0.571. The van der Waals surface area contributed by atoms with E-state index in [1.54, 1.807) is 18.3 Å². The topological polar surface area (TPSA) is 92.4 Å². The SMILES string of the molecule is C[C@H](O)c1ccc(C2(CNC(=O)C(N)=O)CCCC2)s1. The van der Waals surface area contributed by atoms with Crippen LogP contribution >= 0.6 is 11.3 Å². The molecule has 1 aliphatic carbocycles. The van der Waals surface area contributed by atoms with Gasteiger partial charge in [-0.1, -0.05) is 12.8 Å². The molecule has 20 heavy (non-hydrogen) atoms. The van der Waals surface area contributed by atoms with E-state index < -0.39 is 17.9 Å². The van der Waals surface area contributed by atoms with Gasteiger partial charge in [0.2, 0.25) is 0 Å². The first kappa shape index (κ1) is 15.0. The van der Waals surface area contributed by atoms with Gasteiger partial charge in [0.1, 0.15) is 0 Å². The van der Waals surface area contributed by atoms with E-state index in [0.29, 0.717) is 6.54 Å². The maximum atomic E-state index is 11.4. The minimum absolute atomic E-state index is 0.122. The largest absolute Gasteiger partial charge is 0.388 e. The third kappa shape index (κ3) is 3.02. The first-order chi connectivity index (χ1) is 9.44. The fourth-order valence-corrected chi connectivity index (χ4v) is 3.95. The minimum Gasteiger partial charge on any atom is -0.388 e. The molecule has 4 N–H and O–H groups in total. The Morgan fingerprint density at radius 2 is 2.10 bits per heavy atom. The molecule has 1 heterocycles. The zero-order chi connectivity index (χ0) is 14.8. The number of rotatable bonds is 4. The highest BCUT2D eigenvalue weighted by atomic mass is 32.1. The minimum atomic E-state index is -0.950. The lowest BCUT2D eigenvalue weighted by atomic mass is 9.84. The first-order valence-corrected chi connectivity index (χ1v) is 7.62. The number of carbonyl (C=O) groups excluding carboxylic acids is 2. The van der Waals surface area contributed by atoms with Gasteiger partial charge in [0, 0.05) is 21.7 Å². The summed E-state index contributed by atoms with van der Waals surface area (Å²) < 4.78 is 0. The van der Waals surface area contributed by atoms with E-state index in [9.17, 15) is 14.7 Å². The Morgan fingerprint density at radius 3 is 2.60 bits per heavy atom. The predicted molar refractivity (Wildman–Crippen MR) is 77.3 cm³/mol. The molecule has 0 aromatic carbocycles. The van der Waals surface area contributed by atoms with Gasteiger partial charge in [-0.05, 0) is 31.9 Å². The molecule has 0 unspecified atom stereocenters. The normalized spacial score (nSPS) is 18.7. The van der Waals surface area contributed by atoms with E-state index in [0.717, 1.165) is 35.4 Å². The molecule has 0 spiro atoms. The van der Waals surface area contributed by atoms with E-state index in [-0.39, 0.29) is 5.41 Å². The molecule has 0 aliphatic heterocycles. The molecule has 1 atom stereocenters. The number of aliphatic hydroxyl groups excluding tert-OH is 1. The number of hydrogen-bond acceptors (Lipinski definition) is 4. The molecule has 1 saturated carbocycles. The summed E-state index contributed by atoms with van der Waals surface area (Å²) in [5.41, 5.74) is 4.84. The number of amides is 2. The summed E-state index contributed by atoms with van der Waals surface area (Å²) in [6.07, 6.45) is 3.69. The molecule has 1 fully saturated rings. The Bertz CT molecular complexity index is 504. The quantitative estimate of drug-likeness (QED) is 0.729. The average Bonchev–Trinajstić information content (AvgIpc) is 3.05. The van der Waals surface area contributed by atoms with Crippen LogP contribution in [0.25, 0.3) is 0 Å². The molecule has 1 aromatic rings. The number of hydrogen-bond donors (Lipinski definition) is 3. The third-order valence-corrected chi connectivity index (χ3v) is 5.43. The molecule has 6 heteroatoms. The van der Waals surface area contributed by atoms with E-state index >= 15 is 0 Å². The van der Waals surface area contributed by atoms with Crippen molar-refractivity contribution < 1.29 is 14.7 Å². The van der Waals surface area contributed by atoms with Crippen LogP contribution in [0.1, 0.15) is 48.5 Å². The second-order valence-electron chi connectivity index (χ2n) is 5.41. The average molecular weight is 296 g/mol. The molecule has 0 radical (unpaired) electrons. The van der Waals surface area contributed by atoms with Crippen molar-refractivity contribution in [3.8, 4) is 0 Å². The Morgan fingerprint density at radius 1 is 1.45 bits per heavy atom. The summed E-state index contributed by atoms with van der Waals surface area (Å²) in [6, 6.07) is 3.95. The second-order valence-corrected chi connectivity index (χ2v) is 6.53. The predicted octanol–water partition coefficient (Wildman–Crippen LogP) is 1.21. The highest BCUT2D eigenvalue weighted by Gasteiger charge is 2.37. The van der Waals surface area contributed by atoms with E-state index in [1.165, 1.54) is 0 Å². The summed E-state index contributed by atoms with van der Waals surface area (Å²) in [5, 5.41) is 12.3. The van der Waals surface area contributed by atoms with Crippen molar-refractivity contribution in [3.63, 3.8) is 0 Å². The molecular weight excluding hydrogens is 276 g/mol. The molecule has 5 nitrogen and oxygen atoms in total. The molecule has 1 aromatic heterocycles. The maximum Gasteiger partial charge on any atom is 0.309 e. The Kier molecular flexibility index (Phi) is 4.45. The Balaban J connectivity index is 2.16. The molecule has 0 bridgehead atoms. The molecule has 0 saturated heterocycles. The number of nitrogens with one attached hydrogen (secondary N) is 1. The van der Waals surface area contributed by atoms with E-state index in [2.05, 4.69) is 5.32 Å². The Labute approximate surface area is 122 Å². The van der Waals surface area contributed by atoms with Gasteiger partial charge in [0.15, 0.2) is 0 Å². The van der Waals surface area contributed by atoms with Crippen LogP contribution < -0.4 is 11.1 Å². The van der Waals surface area contributed by atoms with Crippen molar-refractivity contribution in [3.05, 3.63) is 21.9 Å². The van der Waals surface area contributed by atoms with Crippen molar-refractivity contribution in [2.24, 2.45) is 5.73 Å². The number of primary amides is 1. The summed E-state index contributed by atoms with van der Waals surface area (Å²) in [6.45, 7) is 2.17. The lowest BCUT2D eigenvalue weighted by Gasteiger charge is -2.28. The second kappa shape index (κ2) is 5.93. The molecule has 1 aliphatic rings. The number of nitrogens with two attached hydrogens (primary N) is 1. The number of carbonyl (C=O) groups is 2. The van der Waals surface area contributed by atoms with Crippen LogP contribution in [0.3, 0.4) is 0 Å². The Hall–Kier alpha value is -1.40. The zero-order valence-electron chi connectivity index (χ0n) is 11.5. The van der Waals surface area contributed by atoms with Gasteiger partial charge in [-0.15, -0.1) is 11.3 Å². The van der Waals surface area contributed by atoms with Crippen LogP contribution in [0.15, 0.2) is 12.1 Å². The molecule has 2 amide bonds. The number of aliphatic hydroxyl groups is 1. The van der Waals surface area contributed by atoms with Gasteiger partial charge in [0.05, 0.1) is 6.10 Å². The molecule has 110 valence electrons. The van der Waals surface area contributed by atoms with E-state index in [4.69, 9.17) is 5.73 Å². The molecule has 2 rings (SSSR count). The lowest BCUT2D eigenvalue weighted by molar-refractivity contribution is -0.137. The number of thiophene rings is 1. The summed E-state index contributed by atoms with van der Waals surface area (Å²) in [5.74, 6) is -1.68. The van der Waals surface area contributed by atoms with Gasteiger partial charge < -0.3 is 16.2 Å². The van der Waals surface area contributed by atoms with Crippen molar-refractivity contribution in [1.82, 2.24) is 5.32 Å². The van der Waals surface area contributed by atoms with Crippen LogP contribution in [-0.4, -0.2) is 23.5 Å². The van der Waals surface area contributed by atoms with Crippen LogP contribution in [0.2, 0.25) is 0 Å². The van der Waals surface area contributed by atoms with Crippen LogP contribution in [0, 0.1) is 0 Å². The standard InChI is InChI=1S/C14H20N2O3S/c1-9(17)10-4-5-11(20-10)14(6-2-3-7-14)8-16-13(19)12(15)18/h4-5,9,17H,2-3,6-8H2,1H3,(H2,15,18)(H,16,19)/t9-/m0/s1. The van der Waals surface area contributed by atoms with Crippen molar-refractivity contribution in [2.75, 3.05) is 6.54 Å². The van der Waals surface area contributed by atoms with Crippen molar-refractivity contribution in [2.45, 2.75) is 44.1 Å². The summed E-state index contributed by atoms with van der Waals surface area (Å²) in [7, 11) is 0. The smallest absolute Gasteiger partial charge is 0.309 e. The highest BCUT2D eigenvalue weighted by molar-refractivity contribution is 7.12. The fourth-order valence-electron chi connectivity index (χ4n) is 2.76. The van der Waals surface area contributed by atoms with Gasteiger partial charge in [-0.25, -0.2) is 0 Å². The van der Waals surface area contributed by atoms with Crippen LogP contribution in [-0.2, 0) is 15.0 Å². The monoisotopic (exact) mass is 296 g/mol. The molecular formula is C14H20N2O3S. The summed E-state index contributed by atoms with van der Waals surface area (Å²) >= 11 is 1.58. The van der Waals surface area contributed by atoms with Gasteiger partial charge in [-0.3, -0.25) is 9.59 Å². The van der Waals surface area contributed by atoms with Crippen LogP contribution in [0.4, 0.5) is 0 Å². The maximum absolute atomic E-state index is 11.4. The third-order valence-electron chi connectivity index (χ3n) is 3.93. The zero-order valence-corrected chi connectivity index (χ0v) is 12.3. The van der Waals surface area contributed by atoms with Gasteiger partial charge in [-0.2, -0.15) is 0 Å². The highest BCUT2D eigenvalue weighted by Crippen LogP contribution is 2.44. The van der Waals surface area contributed by atoms with Crippen molar-refractivity contribution in [1.29, 1.82) is 0 Å². The summed E-state index contributed by atoms with van der Waals surface area (Å²) in [4.78, 5) is 24.3. The first-order valence-electron chi connectivity index (χ1n) is 6.80. The van der Waals surface area contributed by atoms with Gasteiger partial charge in [0.25, 0.3) is 0 Å².